The van der Waals surface area contributed by atoms with E-state index in [1.54, 1.807) is 4.90 Å². The van der Waals surface area contributed by atoms with Crippen LogP contribution >= 0.6 is 0 Å². The molecular weight excluding hydrogens is 252 g/mol. The van der Waals surface area contributed by atoms with Crippen LogP contribution in [0.15, 0.2) is 0 Å². The quantitative estimate of drug-likeness (QED) is 0.652. The molecule has 0 saturated carbocycles. The van der Waals surface area contributed by atoms with E-state index in [1.165, 1.54) is 0 Å². The van der Waals surface area contributed by atoms with Gasteiger partial charge in [-0.15, -0.1) is 0 Å². The molecule has 1 aliphatic rings. The Labute approximate surface area is 112 Å². The molecule has 0 aromatic heterocycles. The molecule has 0 aliphatic carbocycles. The van der Waals surface area contributed by atoms with Gasteiger partial charge in [-0.1, -0.05) is 6.92 Å². The van der Waals surface area contributed by atoms with Crippen molar-refractivity contribution in [3.05, 3.63) is 0 Å². The third kappa shape index (κ3) is 5.89. The Hall–Kier alpha value is -1.34. The summed E-state index contributed by atoms with van der Waals surface area (Å²) in [6, 6.07) is 0.0127. The molecule has 0 radical (unpaired) electrons. The molecule has 2 N–H and O–H groups in total. The number of aliphatic carboxylic acids is 1. The molecular formula is C12H22N2O5. The SMILES string of the molecule is CCC1COCCN1C(=O)NCCOCCC(=O)O. The van der Waals surface area contributed by atoms with E-state index in [2.05, 4.69) is 5.32 Å². The number of rotatable bonds is 7. The Bertz CT molecular complexity index is 298. The zero-order chi connectivity index (χ0) is 14.1. The summed E-state index contributed by atoms with van der Waals surface area (Å²) in [5.74, 6) is -0.886. The number of carboxylic acids is 1. The number of carboxylic acid groups (broad SMARTS) is 1. The van der Waals surface area contributed by atoms with Gasteiger partial charge >= 0.3 is 12.0 Å². The summed E-state index contributed by atoms with van der Waals surface area (Å²) < 4.78 is 10.4. The topological polar surface area (TPSA) is 88.1 Å². The van der Waals surface area contributed by atoms with Crippen LogP contribution in [-0.4, -0.2) is 67.6 Å². The van der Waals surface area contributed by atoms with E-state index in [0.717, 1.165) is 6.42 Å². The highest BCUT2D eigenvalue weighted by Gasteiger charge is 2.25. The molecule has 1 fully saturated rings. The summed E-state index contributed by atoms with van der Waals surface area (Å²) in [6.45, 7) is 4.64. The number of ether oxygens (including phenoxy) is 2. The third-order valence-corrected chi connectivity index (χ3v) is 2.94. The number of nitrogens with zero attached hydrogens (tertiary/aromatic N) is 1. The smallest absolute Gasteiger partial charge is 0.317 e. The highest BCUT2D eigenvalue weighted by atomic mass is 16.5. The van der Waals surface area contributed by atoms with Crippen LogP contribution in [0.4, 0.5) is 4.79 Å². The average Bonchev–Trinajstić information content (AvgIpc) is 2.42. The van der Waals surface area contributed by atoms with Gasteiger partial charge in [0.2, 0.25) is 0 Å². The molecule has 7 nitrogen and oxygen atoms in total. The maximum atomic E-state index is 11.9. The van der Waals surface area contributed by atoms with Gasteiger partial charge in [0.25, 0.3) is 0 Å². The molecule has 1 rings (SSSR count). The molecule has 110 valence electrons. The molecule has 1 atom stereocenters. The molecule has 7 heteroatoms. The largest absolute Gasteiger partial charge is 0.481 e. The Morgan fingerprint density at radius 1 is 1.47 bits per heavy atom. The Kier molecular flexibility index (Phi) is 7.20. The normalized spacial score (nSPS) is 19.2. The Balaban J connectivity index is 2.14. The van der Waals surface area contributed by atoms with Crippen molar-refractivity contribution in [2.45, 2.75) is 25.8 Å². The number of hydrogen-bond donors (Lipinski definition) is 2. The van der Waals surface area contributed by atoms with Crippen LogP contribution in [0.2, 0.25) is 0 Å². The van der Waals surface area contributed by atoms with Crippen molar-refractivity contribution < 1.29 is 24.2 Å². The van der Waals surface area contributed by atoms with E-state index in [1.807, 2.05) is 6.92 Å². The van der Waals surface area contributed by atoms with E-state index in [4.69, 9.17) is 14.6 Å². The summed E-state index contributed by atoms with van der Waals surface area (Å²) in [5, 5.41) is 11.2. The highest BCUT2D eigenvalue weighted by molar-refractivity contribution is 5.74. The van der Waals surface area contributed by atoms with Crippen molar-refractivity contribution in [3.63, 3.8) is 0 Å². The van der Waals surface area contributed by atoms with E-state index in [-0.39, 0.29) is 25.1 Å². The first-order valence-electron chi connectivity index (χ1n) is 6.57. The van der Waals surface area contributed by atoms with Gasteiger partial charge in [0, 0.05) is 13.1 Å². The van der Waals surface area contributed by atoms with E-state index in [9.17, 15) is 9.59 Å². The second-order valence-corrected chi connectivity index (χ2v) is 4.32. The molecule has 0 spiro atoms. The monoisotopic (exact) mass is 274 g/mol. The van der Waals surface area contributed by atoms with Gasteiger partial charge in [0.15, 0.2) is 0 Å². The van der Waals surface area contributed by atoms with Crippen LogP contribution in [0.3, 0.4) is 0 Å². The zero-order valence-corrected chi connectivity index (χ0v) is 11.3. The molecule has 1 heterocycles. The first-order valence-corrected chi connectivity index (χ1v) is 6.57. The van der Waals surface area contributed by atoms with Crippen LogP contribution in [0.5, 0.6) is 0 Å². The maximum Gasteiger partial charge on any atom is 0.317 e. The fourth-order valence-electron chi connectivity index (χ4n) is 1.85. The summed E-state index contributed by atoms with van der Waals surface area (Å²) in [4.78, 5) is 23.9. The molecule has 0 bridgehead atoms. The molecule has 19 heavy (non-hydrogen) atoms. The molecule has 0 aromatic carbocycles. The summed E-state index contributed by atoms with van der Waals surface area (Å²) in [7, 11) is 0. The van der Waals surface area contributed by atoms with Gasteiger partial charge in [0.05, 0.1) is 38.9 Å². The summed E-state index contributed by atoms with van der Waals surface area (Å²) >= 11 is 0. The fraction of sp³-hybridized carbons (Fsp3) is 0.833. The van der Waals surface area contributed by atoms with Crippen LogP contribution in [0, 0.1) is 0 Å². The van der Waals surface area contributed by atoms with Crippen molar-refractivity contribution in [1.82, 2.24) is 10.2 Å². The zero-order valence-electron chi connectivity index (χ0n) is 11.3. The van der Waals surface area contributed by atoms with Crippen LogP contribution in [-0.2, 0) is 14.3 Å². The fourth-order valence-corrected chi connectivity index (χ4v) is 1.85. The van der Waals surface area contributed by atoms with Crippen molar-refractivity contribution in [2.24, 2.45) is 0 Å². The lowest BCUT2D eigenvalue weighted by Crippen LogP contribution is -2.52. The number of carbonyl (C=O) groups is 2. The predicted octanol–water partition coefficient (Wildman–Crippen LogP) is 0.298. The minimum atomic E-state index is -0.886. The van der Waals surface area contributed by atoms with Crippen molar-refractivity contribution in [1.29, 1.82) is 0 Å². The van der Waals surface area contributed by atoms with E-state index >= 15 is 0 Å². The Morgan fingerprint density at radius 2 is 2.26 bits per heavy atom. The lowest BCUT2D eigenvalue weighted by molar-refractivity contribution is -0.138. The summed E-state index contributed by atoms with van der Waals surface area (Å²) in [5.41, 5.74) is 0. The van der Waals surface area contributed by atoms with Gasteiger partial charge < -0.3 is 24.8 Å². The van der Waals surface area contributed by atoms with E-state index < -0.39 is 5.97 Å². The minimum absolute atomic E-state index is 0.0185. The lowest BCUT2D eigenvalue weighted by atomic mass is 10.2. The van der Waals surface area contributed by atoms with Crippen molar-refractivity contribution in [2.75, 3.05) is 39.5 Å². The van der Waals surface area contributed by atoms with Gasteiger partial charge in [0.1, 0.15) is 0 Å². The molecule has 0 aromatic rings. The van der Waals surface area contributed by atoms with Crippen molar-refractivity contribution in [3.8, 4) is 0 Å². The molecule has 1 unspecified atom stereocenters. The van der Waals surface area contributed by atoms with Gasteiger partial charge in [-0.3, -0.25) is 4.79 Å². The number of amides is 2. The van der Waals surface area contributed by atoms with Gasteiger partial charge in [-0.25, -0.2) is 4.79 Å². The first kappa shape index (κ1) is 15.7. The third-order valence-electron chi connectivity index (χ3n) is 2.94. The van der Waals surface area contributed by atoms with Crippen LogP contribution < -0.4 is 5.32 Å². The van der Waals surface area contributed by atoms with Crippen LogP contribution in [0.25, 0.3) is 0 Å². The minimum Gasteiger partial charge on any atom is -0.481 e. The predicted molar refractivity (Wildman–Crippen MR) is 68.1 cm³/mol. The van der Waals surface area contributed by atoms with Gasteiger partial charge in [-0.2, -0.15) is 0 Å². The number of hydrogen-bond acceptors (Lipinski definition) is 4. The number of morpholine rings is 1. The molecule has 1 aliphatic heterocycles. The van der Waals surface area contributed by atoms with Crippen LogP contribution in [0.1, 0.15) is 19.8 Å². The standard InChI is InChI=1S/C12H22N2O5/c1-2-10-9-19-8-5-14(10)12(17)13-4-7-18-6-3-11(15)16/h10H,2-9H2,1H3,(H,13,17)(H,15,16). The second-order valence-electron chi connectivity index (χ2n) is 4.32. The van der Waals surface area contributed by atoms with Gasteiger partial charge in [-0.05, 0) is 6.42 Å². The second kappa shape index (κ2) is 8.71. The average molecular weight is 274 g/mol. The number of nitrogens with one attached hydrogen (secondary N) is 1. The highest BCUT2D eigenvalue weighted by Crippen LogP contribution is 2.09. The lowest BCUT2D eigenvalue weighted by Gasteiger charge is -2.35. The first-order chi connectivity index (χ1) is 9.15. The van der Waals surface area contributed by atoms with Crippen molar-refractivity contribution >= 4 is 12.0 Å². The maximum absolute atomic E-state index is 11.9. The summed E-state index contributed by atoms with van der Waals surface area (Å²) in [6.07, 6.45) is 0.845. The van der Waals surface area contributed by atoms with E-state index in [0.29, 0.717) is 32.9 Å². The molecule has 1 saturated heterocycles. The number of carbonyl (C=O) groups excluding carboxylic acids is 1. The Morgan fingerprint density at radius 3 is 2.95 bits per heavy atom. The number of urea groups is 1. The molecule has 2 amide bonds.